The van der Waals surface area contributed by atoms with E-state index >= 15 is 0 Å². The SMILES string of the molecule is CCCC[C@H](CN(O)C=O)C(=O)N1C[C@H](C(C)C)C[C@H]1C(=O)Nc1ccc(F)cn1. The number of carbonyl (C=O) groups is 3. The number of hydrogen-bond acceptors (Lipinski definition) is 5. The first kappa shape index (κ1) is 23.7. The molecule has 1 aliphatic heterocycles. The molecule has 1 saturated heterocycles. The first-order valence-electron chi connectivity index (χ1n) is 10.4. The Labute approximate surface area is 176 Å². The van der Waals surface area contributed by atoms with Gasteiger partial charge in [-0.2, -0.15) is 0 Å². The maximum atomic E-state index is 13.3. The molecule has 1 aromatic rings. The molecule has 0 saturated carbocycles. The summed E-state index contributed by atoms with van der Waals surface area (Å²) in [6.45, 7) is 6.41. The van der Waals surface area contributed by atoms with E-state index in [1.807, 2.05) is 20.8 Å². The summed E-state index contributed by atoms with van der Waals surface area (Å²) in [5.74, 6) is -1.09. The number of rotatable bonds is 10. The van der Waals surface area contributed by atoms with Gasteiger partial charge in [0.15, 0.2) is 0 Å². The van der Waals surface area contributed by atoms with Crippen LogP contribution >= 0.6 is 0 Å². The van der Waals surface area contributed by atoms with Crippen molar-refractivity contribution < 1.29 is 24.0 Å². The van der Waals surface area contributed by atoms with E-state index in [0.29, 0.717) is 24.4 Å². The summed E-state index contributed by atoms with van der Waals surface area (Å²) in [5.41, 5.74) is 0. The molecule has 0 unspecified atom stereocenters. The molecule has 1 aromatic heterocycles. The van der Waals surface area contributed by atoms with Gasteiger partial charge in [-0.1, -0.05) is 33.6 Å². The van der Waals surface area contributed by atoms with Gasteiger partial charge in [0.25, 0.3) is 0 Å². The van der Waals surface area contributed by atoms with Crippen molar-refractivity contribution in [3.05, 3.63) is 24.1 Å². The van der Waals surface area contributed by atoms with E-state index in [0.717, 1.165) is 19.0 Å². The quantitative estimate of drug-likeness (QED) is 0.343. The molecule has 2 N–H and O–H groups in total. The molecule has 0 bridgehead atoms. The lowest BCUT2D eigenvalue weighted by molar-refractivity contribution is -0.157. The summed E-state index contributed by atoms with van der Waals surface area (Å²) in [6, 6.07) is 1.88. The topological polar surface area (TPSA) is 103 Å². The first-order chi connectivity index (χ1) is 14.3. The molecule has 0 spiro atoms. The van der Waals surface area contributed by atoms with E-state index in [1.165, 1.54) is 12.1 Å². The molecule has 166 valence electrons. The minimum Gasteiger partial charge on any atom is -0.330 e. The number of nitrogens with zero attached hydrogens (tertiary/aromatic N) is 3. The van der Waals surface area contributed by atoms with E-state index in [4.69, 9.17) is 0 Å². The predicted molar refractivity (Wildman–Crippen MR) is 109 cm³/mol. The van der Waals surface area contributed by atoms with Crippen LogP contribution in [0.25, 0.3) is 0 Å². The second-order valence-electron chi connectivity index (χ2n) is 8.16. The molecule has 9 heteroatoms. The lowest BCUT2D eigenvalue weighted by Gasteiger charge is -2.29. The zero-order chi connectivity index (χ0) is 22.3. The Morgan fingerprint density at radius 2 is 2.17 bits per heavy atom. The maximum Gasteiger partial charge on any atom is 0.248 e. The number of aromatic nitrogens is 1. The Morgan fingerprint density at radius 3 is 2.73 bits per heavy atom. The van der Waals surface area contributed by atoms with Gasteiger partial charge in [0, 0.05) is 6.54 Å². The van der Waals surface area contributed by atoms with Crippen LogP contribution in [-0.4, -0.2) is 57.5 Å². The van der Waals surface area contributed by atoms with Crippen molar-refractivity contribution in [3.8, 4) is 0 Å². The Balaban J connectivity index is 2.20. The Kier molecular flexibility index (Phi) is 8.71. The van der Waals surface area contributed by atoms with Gasteiger partial charge >= 0.3 is 0 Å². The van der Waals surface area contributed by atoms with E-state index in [9.17, 15) is 24.0 Å². The van der Waals surface area contributed by atoms with Gasteiger partial charge in [-0.25, -0.2) is 14.4 Å². The van der Waals surface area contributed by atoms with Crippen LogP contribution in [0.15, 0.2) is 18.3 Å². The van der Waals surface area contributed by atoms with Gasteiger partial charge in [-0.15, -0.1) is 0 Å². The fourth-order valence-electron chi connectivity index (χ4n) is 3.75. The molecule has 0 radical (unpaired) electrons. The van der Waals surface area contributed by atoms with Crippen LogP contribution in [0.4, 0.5) is 10.2 Å². The third kappa shape index (κ3) is 6.22. The molecular formula is C21H31FN4O4. The number of anilines is 1. The summed E-state index contributed by atoms with van der Waals surface area (Å²) in [5, 5.41) is 12.8. The second-order valence-corrected chi connectivity index (χ2v) is 8.16. The predicted octanol–water partition coefficient (Wildman–Crippen LogP) is 2.69. The van der Waals surface area contributed by atoms with Crippen LogP contribution in [0.5, 0.6) is 0 Å². The molecule has 0 aliphatic carbocycles. The maximum absolute atomic E-state index is 13.3. The second kappa shape index (κ2) is 11.0. The van der Waals surface area contributed by atoms with E-state index in [1.54, 1.807) is 4.90 Å². The number of unbranched alkanes of at least 4 members (excludes halogenated alkanes) is 1. The van der Waals surface area contributed by atoms with Gasteiger partial charge in [-0.05, 0) is 36.8 Å². The fraction of sp³-hybridized carbons (Fsp3) is 0.619. The number of amides is 3. The number of likely N-dealkylation sites (tertiary alicyclic amines) is 1. The lowest BCUT2D eigenvalue weighted by atomic mass is 9.93. The van der Waals surface area contributed by atoms with Gasteiger partial charge in [0.05, 0.1) is 18.7 Å². The van der Waals surface area contributed by atoms with Gasteiger partial charge < -0.3 is 10.2 Å². The summed E-state index contributed by atoms with van der Waals surface area (Å²) in [7, 11) is 0. The Bertz CT molecular complexity index is 728. The number of pyridine rings is 1. The highest BCUT2D eigenvalue weighted by atomic mass is 19.1. The zero-order valence-electron chi connectivity index (χ0n) is 17.8. The van der Waals surface area contributed by atoms with Crippen LogP contribution in [0, 0.1) is 23.6 Å². The molecule has 2 heterocycles. The van der Waals surface area contributed by atoms with E-state index < -0.39 is 17.8 Å². The van der Waals surface area contributed by atoms with Crippen LogP contribution < -0.4 is 5.32 Å². The molecule has 3 atom stereocenters. The monoisotopic (exact) mass is 422 g/mol. The smallest absolute Gasteiger partial charge is 0.248 e. The highest BCUT2D eigenvalue weighted by Gasteiger charge is 2.42. The summed E-state index contributed by atoms with van der Waals surface area (Å²) in [6.07, 6.45) is 3.94. The van der Waals surface area contributed by atoms with Crippen molar-refractivity contribution in [2.75, 3.05) is 18.4 Å². The normalized spacial score (nSPS) is 19.6. The molecular weight excluding hydrogens is 391 g/mol. The minimum absolute atomic E-state index is 0.112. The third-order valence-electron chi connectivity index (χ3n) is 5.63. The largest absolute Gasteiger partial charge is 0.330 e. The molecule has 8 nitrogen and oxygen atoms in total. The fourth-order valence-corrected chi connectivity index (χ4v) is 3.75. The molecule has 1 aliphatic rings. The molecule has 30 heavy (non-hydrogen) atoms. The lowest BCUT2D eigenvalue weighted by Crippen LogP contribution is -2.47. The average Bonchev–Trinajstić information content (AvgIpc) is 3.18. The van der Waals surface area contributed by atoms with Gasteiger partial charge in [0.1, 0.15) is 17.7 Å². The molecule has 3 amide bonds. The van der Waals surface area contributed by atoms with Crippen molar-refractivity contribution >= 4 is 24.0 Å². The van der Waals surface area contributed by atoms with Crippen molar-refractivity contribution in [1.82, 2.24) is 14.9 Å². The summed E-state index contributed by atoms with van der Waals surface area (Å²) < 4.78 is 13.1. The zero-order valence-corrected chi connectivity index (χ0v) is 17.8. The highest BCUT2D eigenvalue weighted by molar-refractivity contribution is 5.97. The van der Waals surface area contributed by atoms with Crippen LogP contribution in [0.3, 0.4) is 0 Å². The van der Waals surface area contributed by atoms with E-state index in [2.05, 4.69) is 10.3 Å². The number of hydroxylamine groups is 2. The van der Waals surface area contributed by atoms with Gasteiger partial charge in [-0.3, -0.25) is 19.6 Å². The molecule has 1 fully saturated rings. The van der Waals surface area contributed by atoms with Crippen LogP contribution in [-0.2, 0) is 14.4 Å². The third-order valence-corrected chi connectivity index (χ3v) is 5.63. The Morgan fingerprint density at radius 1 is 1.43 bits per heavy atom. The van der Waals surface area contributed by atoms with Gasteiger partial charge in [0.2, 0.25) is 18.2 Å². The van der Waals surface area contributed by atoms with Crippen LogP contribution in [0.1, 0.15) is 46.5 Å². The van der Waals surface area contributed by atoms with E-state index in [-0.39, 0.29) is 42.4 Å². The number of carbonyl (C=O) groups excluding carboxylic acids is 3. The van der Waals surface area contributed by atoms with Crippen molar-refractivity contribution in [2.45, 2.75) is 52.5 Å². The van der Waals surface area contributed by atoms with Crippen molar-refractivity contribution in [2.24, 2.45) is 17.8 Å². The summed E-state index contributed by atoms with van der Waals surface area (Å²) in [4.78, 5) is 42.5. The molecule has 0 aromatic carbocycles. The number of hydrogen-bond donors (Lipinski definition) is 2. The number of halogens is 1. The minimum atomic E-state index is -0.691. The summed E-state index contributed by atoms with van der Waals surface area (Å²) >= 11 is 0. The van der Waals surface area contributed by atoms with Crippen molar-refractivity contribution in [1.29, 1.82) is 0 Å². The Hall–Kier alpha value is -2.55. The average molecular weight is 423 g/mol. The first-order valence-corrected chi connectivity index (χ1v) is 10.4. The standard InChI is InChI=1S/C21H31FN4O4/c1-4-5-6-15(11-25(30)13-27)21(29)26-12-16(14(2)3)9-18(26)20(28)24-19-8-7-17(22)10-23-19/h7-8,10,13-16,18,30H,4-6,9,11-12H2,1-3H3,(H,23,24,28)/t15-,16-,18+/m1/s1. The number of nitrogens with one attached hydrogen (secondary N) is 1. The highest BCUT2D eigenvalue weighted by Crippen LogP contribution is 2.31. The van der Waals surface area contributed by atoms with Crippen molar-refractivity contribution in [3.63, 3.8) is 0 Å². The van der Waals surface area contributed by atoms with Crippen LogP contribution in [0.2, 0.25) is 0 Å². The molecule has 2 rings (SSSR count).